The van der Waals surface area contributed by atoms with E-state index < -0.39 is 6.04 Å². The second-order valence-corrected chi connectivity index (χ2v) is 4.47. The molecule has 0 saturated carbocycles. The number of hydrogen-bond donors (Lipinski definition) is 1. The predicted octanol–water partition coefficient (Wildman–Crippen LogP) is 2.29. The molecule has 0 aliphatic heterocycles. The standard InChI is InChI=1S/C15H15N3O3/c1-19-12-7-17-14(15(18-12)20-2)13(16)10-8-21-11-6-4-3-5-9(10)11/h3-8,13H,16H2,1-2H3. The summed E-state index contributed by atoms with van der Waals surface area (Å²) in [4.78, 5) is 8.51. The first-order valence-corrected chi connectivity index (χ1v) is 6.41. The molecule has 2 heterocycles. The summed E-state index contributed by atoms with van der Waals surface area (Å²) >= 11 is 0. The van der Waals surface area contributed by atoms with Crippen molar-refractivity contribution in [3.05, 3.63) is 48.0 Å². The number of ether oxygens (including phenoxy) is 2. The van der Waals surface area contributed by atoms with Crippen LogP contribution in [-0.4, -0.2) is 24.2 Å². The molecule has 1 unspecified atom stereocenters. The summed E-state index contributed by atoms with van der Waals surface area (Å²) in [5.41, 5.74) is 8.46. The monoisotopic (exact) mass is 285 g/mol. The molecule has 21 heavy (non-hydrogen) atoms. The van der Waals surface area contributed by atoms with Crippen molar-refractivity contribution in [1.29, 1.82) is 0 Å². The van der Waals surface area contributed by atoms with Crippen LogP contribution in [0.15, 0.2) is 41.1 Å². The Balaban J connectivity index is 2.07. The Labute approximate surface area is 121 Å². The highest BCUT2D eigenvalue weighted by atomic mass is 16.5. The molecular weight excluding hydrogens is 270 g/mol. The van der Waals surface area contributed by atoms with Gasteiger partial charge >= 0.3 is 0 Å². The number of benzene rings is 1. The number of nitrogens with two attached hydrogens (primary N) is 1. The normalized spacial score (nSPS) is 12.3. The van der Waals surface area contributed by atoms with Crippen LogP contribution in [0.2, 0.25) is 0 Å². The molecule has 0 saturated heterocycles. The quantitative estimate of drug-likeness (QED) is 0.791. The molecule has 0 amide bonds. The van der Waals surface area contributed by atoms with E-state index in [9.17, 15) is 0 Å². The maximum Gasteiger partial charge on any atom is 0.240 e. The Morgan fingerprint density at radius 3 is 2.76 bits per heavy atom. The average molecular weight is 285 g/mol. The van der Waals surface area contributed by atoms with E-state index in [1.807, 2.05) is 24.3 Å². The van der Waals surface area contributed by atoms with Gasteiger partial charge in [0.1, 0.15) is 11.3 Å². The predicted molar refractivity (Wildman–Crippen MR) is 77.4 cm³/mol. The molecule has 3 aromatic rings. The number of para-hydroxylation sites is 1. The van der Waals surface area contributed by atoms with Crippen molar-refractivity contribution in [3.63, 3.8) is 0 Å². The van der Waals surface area contributed by atoms with Crippen LogP contribution in [0.4, 0.5) is 0 Å². The van der Waals surface area contributed by atoms with Gasteiger partial charge in [0.2, 0.25) is 11.8 Å². The Bertz CT molecular complexity index is 770. The summed E-state index contributed by atoms with van der Waals surface area (Å²) < 4.78 is 15.8. The van der Waals surface area contributed by atoms with Crippen LogP contribution in [0, 0.1) is 0 Å². The highest BCUT2D eigenvalue weighted by Gasteiger charge is 2.21. The molecule has 0 aliphatic rings. The van der Waals surface area contributed by atoms with Gasteiger partial charge in [-0.1, -0.05) is 18.2 Å². The lowest BCUT2D eigenvalue weighted by Crippen LogP contribution is -2.15. The van der Waals surface area contributed by atoms with E-state index >= 15 is 0 Å². The van der Waals surface area contributed by atoms with Crippen molar-refractivity contribution in [3.8, 4) is 11.8 Å². The number of fused-ring (bicyclic) bond motifs is 1. The number of methoxy groups -OCH3 is 2. The van der Waals surface area contributed by atoms with E-state index in [0.717, 1.165) is 16.5 Å². The Kier molecular flexibility index (Phi) is 3.45. The Morgan fingerprint density at radius 1 is 1.19 bits per heavy atom. The van der Waals surface area contributed by atoms with Crippen LogP contribution in [0.1, 0.15) is 17.3 Å². The number of rotatable bonds is 4. The molecule has 6 nitrogen and oxygen atoms in total. The summed E-state index contributed by atoms with van der Waals surface area (Å²) in [6.45, 7) is 0. The third-order valence-corrected chi connectivity index (χ3v) is 3.29. The van der Waals surface area contributed by atoms with Gasteiger partial charge in [-0.3, -0.25) is 0 Å². The fourth-order valence-corrected chi connectivity index (χ4v) is 2.21. The topological polar surface area (TPSA) is 83.4 Å². The molecule has 6 heteroatoms. The highest BCUT2D eigenvalue weighted by Crippen LogP contribution is 2.31. The maximum absolute atomic E-state index is 6.31. The fraction of sp³-hybridized carbons (Fsp3) is 0.200. The summed E-state index contributed by atoms with van der Waals surface area (Å²) in [5, 5.41) is 0.949. The fourth-order valence-electron chi connectivity index (χ4n) is 2.21. The third-order valence-electron chi connectivity index (χ3n) is 3.29. The first kappa shape index (κ1) is 13.4. The second kappa shape index (κ2) is 5.41. The minimum atomic E-state index is -0.498. The smallest absolute Gasteiger partial charge is 0.240 e. The molecule has 2 aromatic heterocycles. The minimum absolute atomic E-state index is 0.340. The summed E-state index contributed by atoms with van der Waals surface area (Å²) in [6.07, 6.45) is 3.15. The molecule has 1 aromatic carbocycles. The summed E-state index contributed by atoms with van der Waals surface area (Å²) in [5.74, 6) is 0.715. The molecular formula is C15H15N3O3. The van der Waals surface area contributed by atoms with Gasteiger partial charge in [0.25, 0.3) is 0 Å². The average Bonchev–Trinajstić information content (AvgIpc) is 2.97. The lowest BCUT2D eigenvalue weighted by atomic mass is 10.0. The summed E-state index contributed by atoms with van der Waals surface area (Å²) in [6, 6.07) is 7.20. The van der Waals surface area contributed by atoms with Crippen molar-refractivity contribution in [2.24, 2.45) is 5.73 Å². The van der Waals surface area contributed by atoms with Crippen LogP contribution in [0.25, 0.3) is 11.0 Å². The van der Waals surface area contributed by atoms with Gasteiger partial charge < -0.3 is 19.6 Å². The van der Waals surface area contributed by atoms with Crippen LogP contribution in [-0.2, 0) is 0 Å². The molecule has 0 radical (unpaired) electrons. The third kappa shape index (κ3) is 2.30. The second-order valence-electron chi connectivity index (χ2n) is 4.47. The van der Waals surface area contributed by atoms with E-state index in [4.69, 9.17) is 19.6 Å². The zero-order valence-corrected chi connectivity index (χ0v) is 11.7. The first-order chi connectivity index (χ1) is 10.2. The number of furan rings is 1. The molecule has 1 atom stereocenters. The molecule has 0 fully saturated rings. The zero-order chi connectivity index (χ0) is 14.8. The van der Waals surface area contributed by atoms with E-state index in [2.05, 4.69) is 9.97 Å². The Morgan fingerprint density at radius 2 is 2.00 bits per heavy atom. The van der Waals surface area contributed by atoms with Gasteiger partial charge in [-0.15, -0.1) is 0 Å². The van der Waals surface area contributed by atoms with E-state index in [1.165, 1.54) is 20.4 Å². The summed E-state index contributed by atoms with van der Waals surface area (Å²) in [7, 11) is 3.04. The lowest BCUT2D eigenvalue weighted by Gasteiger charge is -2.13. The highest BCUT2D eigenvalue weighted by molar-refractivity contribution is 5.81. The largest absolute Gasteiger partial charge is 0.480 e. The van der Waals surface area contributed by atoms with Gasteiger partial charge in [-0.2, -0.15) is 4.98 Å². The van der Waals surface area contributed by atoms with Gasteiger partial charge in [-0.25, -0.2) is 4.98 Å². The molecule has 0 spiro atoms. The SMILES string of the molecule is COc1cnc(C(N)c2coc3ccccc23)c(OC)n1. The van der Waals surface area contributed by atoms with Crippen LogP contribution in [0.5, 0.6) is 11.8 Å². The number of aromatic nitrogens is 2. The van der Waals surface area contributed by atoms with E-state index in [1.54, 1.807) is 6.26 Å². The van der Waals surface area contributed by atoms with E-state index in [-0.39, 0.29) is 0 Å². The van der Waals surface area contributed by atoms with Crippen LogP contribution >= 0.6 is 0 Å². The van der Waals surface area contributed by atoms with Crippen molar-refractivity contribution in [2.45, 2.75) is 6.04 Å². The molecule has 0 aliphatic carbocycles. The zero-order valence-electron chi connectivity index (χ0n) is 11.7. The van der Waals surface area contributed by atoms with Crippen molar-refractivity contribution < 1.29 is 13.9 Å². The van der Waals surface area contributed by atoms with Crippen LogP contribution < -0.4 is 15.2 Å². The number of hydrogen-bond acceptors (Lipinski definition) is 6. The van der Waals surface area contributed by atoms with Crippen molar-refractivity contribution >= 4 is 11.0 Å². The first-order valence-electron chi connectivity index (χ1n) is 6.41. The molecule has 2 N–H and O–H groups in total. The minimum Gasteiger partial charge on any atom is -0.480 e. The molecule has 108 valence electrons. The van der Waals surface area contributed by atoms with Crippen molar-refractivity contribution in [2.75, 3.05) is 14.2 Å². The molecule has 3 rings (SSSR count). The van der Waals surface area contributed by atoms with Crippen molar-refractivity contribution in [1.82, 2.24) is 9.97 Å². The van der Waals surface area contributed by atoms with Gasteiger partial charge in [0, 0.05) is 10.9 Å². The Hall–Kier alpha value is -2.60. The van der Waals surface area contributed by atoms with Gasteiger partial charge in [0.05, 0.1) is 32.7 Å². The number of nitrogens with zero attached hydrogens (tertiary/aromatic N) is 2. The van der Waals surface area contributed by atoms with Crippen LogP contribution in [0.3, 0.4) is 0 Å². The maximum atomic E-state index is 6.31. The molecule has 0 bridgehead atoms. The van der Waals surface area contributed by atoms with Gasteiger partial charge in [0.15, 0.2) is 0 Å². The lowest BCUT2D eigenvalue weighted by molar-refractivity contribution is 0.355. The van der Waals surface area contributed by atoms with E-state index in [0.29, 0.717) is 17.5 Å². The van der Waals surface area contributed by atoms with Gasteiger partial charge in [-0.05, 0) is 6.07 Å².